The van der Waals surface area contributed by atoms with Crippen molar-refractivity contribution in [2.24, 2.45) is 0 Å². The van der Waals surface area contributed by atoms with Crippen molar-refractivity contribution in [3.63, 3.8) is 0 Å². The molecule has 128 valence electrons. The molecule has 1 N–H and O–H groups in total. The lowest BCUT2D eigenvalue weighted by Gasteiger charge is -2.05. The quantitative estimate of drug-likeness (QED) is 0.655. The van der Waals surface area contributed by atoms with Crippen molar-refractivity contribution in [3.05, 3.63) is 75.2 Å². The summed E-state index contributed by atoms with van der Waals surface area (Å²) in [4.78, 5) is 13.4. The minimum Gasteiger partial charge on any atom is -0.346 e. The fraction of sp³-hybridized carbons (Fsp3) is 0.211. The molecule has 25 heavy (non-hydrogen) atoms. The summed E-state index contributed by atoms with van der Waals surface area (Å²) in [5.41, 5.74) is 3.55. The first-order valence-corrected chi connectivity index (χ1v) is 9.76. The maximum atomic E-state index is 12.2. The van der Waals surface area contributed by atoms with E-state index in [9.17, 15) is 4.79 Å². The molecule has 3 rings (SSSR count). The van der Waals surface area contributed by atoms with Gasteiger partial charge in [-0.3, -0.25) is 4.79 Å². The van der Waals surface area contributed by atoms with Gasteiger partial charge in [0.15, 0.2) is 0 Å². The Morgan fingerprint density at radius 2 is 1.92 bits per heavy atom. The number of rotatable bonds is 6. The minimum absolute atomic E-state index is 0.177. The fourth-order valence-corrected chi connectivity index (χ4v) is 4.13. The lowest BCUT2D eigenvalue weighted by molar-refractivity contribution is 0.0950. The summed E-state index contributed by atoms with van der Waals surface area (Å²) >= 11 is 3.08. The second kappa shape index (κ2) is 8.27. The van der Waals surface area contributed by atoms with Crippen LogP contribution in [0.4, 0.5) is 0 Å². The van der Waals surface area contributed by atoms with E-state index < -0.39 is 0 Å². The van der Waals surface area contributed by atoms with Crippen molar-refractivity contribution in [3.8, 4) is 0 Å². The molecular weight excluding hydrogens is 350 g/mol. The molecule has 0 radical (unpaired) electrons. The Labute approximate surface area is 155 Å². The fourth-order valence-electron chi connectivity index (χ4n) is 2.26. The first kappa shape index (κ1) is 17.6. The van der Waals surface area contributed by atoms with E-state index in [1.165, 1.54) is 27.4 Å². The molecule has 0 spiro atoms. The lowest BCUT2D eigenvalue weighted by Crippen LogP contribution is -2.22. The van der Waals surface area contributed by atoms with E-state index in [1.54, 1.807) is 11.8 Å². The second-order valence-electron chi connectivity index (χ2n) is 5.73. The van der Waals surface area contributed by atoms with E-state index in [-0.39, 0.29) is 5.91 Å². The Hall–Kier alpha value is -2.18. The van der Waals surface area contributed by atoms with Gasteiger partial charge in [-0.2, -0.15) is 0 Å². The first-order valence-electron chi connectivity index (χ1n) is 7.96. The maximum absolute atomic E-state index is 12.2. The summed E-state index contributed by atoms with van der Waals surface area (Å²) < 4.78 is 0. The molecule has 0 aliphatic rings. The van der Waals surface area contributed by atoms with Gasteiger partial charge < -0.3 is 5.32 Å². The Bertz CT molecular complexity index is 862. The predicted molar refractivity (Wildman–Crippen MR) is 103 cm³/mol. The molecule has 0 atom stereocenters. The van der Waals surface area contributed by atoms with Gasteiger partial charge in [0.2, 0.25) is 5.01 Å². The Balaban J connectivity index is 1.56. The van der Waals surface area contributed by atoms with Gasteiger partial charge in [0.05, 0.1) is 5.75 Å². The highest BCUT2D eigenvalue weighted by Gasteiger charge is 2.13. The summed E-state index contributed by atoms with van der Waals surface area (Å²) in [5, 5.41) is 12.3. The highest BCUT2D eigenvalue weighted by Crippen LogP contribution is 2.28. The number of thioether (sulfide) groups is 1. The topological polar surface area (TPSA) is 54.9 Å². The maximum Gasteiger partial charge on any atom is 0.282 e. The van der Waals surface area contributed by atoms with Gasteiger partial charge in [-0.1, -0.05) is 59.4 Å². The van der Waals surface area contributed by atoms with Gasteiger partial charge >= 0.3 is 0 Å². The number of aromatic nitrogens is 2. The minimum atomic E-state index is -0.177. The van der Waals surface area contributed by atoms with Crippen molar-refractivity contribution in [2.45, 2.75) is 31.0 Å². The van der Waals surface area contributed by atoms with Crippen LogP contribution in [-0.2, 0) is 12.3 Å². The molecule has 1 heterocycles. The molecule has 0 unspecified atom stereocenters. The average molecular weight is 370 g/mol. The molecular formula is C19H19N3OS2. The van der Waals surface area contributed by atoms with Gasteiger partial charge in [-0.15, -0.1) is 22.0 Å². The van der Waals surface area contributed by atoms with Gasteiger partial charge in [-0.05, 0) is 31.0 Å². The van der Waals surface area contributed by atoms with Crippen LogP contribution in [-0.4, -0.2) is 16.1 Å². The van der Waals surface area contributed by atoms with E-state index in [0.29, 0.717) is 17.3 Å². The van der Waals surface area contributed by atoms with Crippen LogP contribution >= 0.6 is 23.1 Å². The van der Waals surface area contributed by atoms with E-state index >= 15 is 0 Å². The zero-order valence-electron chi connectivity index (χ0n) is 14.2. The highest BCUT2D eigenvalue weighted by atomic mass is 32.2. The largest absolute Gasteiger partial charge is 0.346 e. The van der Waals surface area contributed by atoms with Crippen LogP contribution < -0.4 is 5.32 Å². The molecule has 0 aliphatic carbocycles. The van der Waals surface area contributed by atoms with Crippen LogP contribution in [0.1, 0.15) is 31.5 Å². The molecule has 0 aliphatic heterocycles. The van der Waals surface area contributed by atoms with E-state index in [1.807, 2.05) is 30.3 Å². The third-order valence-corrected chi connectivity index (χ3v) is 5.93. The number of hydrogen-bond donors (Lipinski definition) is 1. The lowest BCUT2D eigenvalue weighted by atomic mass is 10.2. The standard InChI is InChI=1S/C19H19N3OS2/c1-13-8-9-14(2)16(10-13)24-12-17-21-22-19(25-17)18(23)20-11-15-6-4-3-5-7-15/h3-10H,11-12H2,1-2H3,(H,20,23). The van der Waals surface area contributed by atoms with Crippen LogP contribution in [0.25, 0.3) is 0 Å². The van der Waals surface area contributed by atoms with Crippen molar-refractivity contribution in [2.75, 3.05) is 0 Å². The summed E-state index contributed by atoms with van der Waals surface area (Å²) in [6.45, 7) is 4.68. The van der Waals surface area contributed by atoms with E-state index in [0.717, 1.165) is 10.6 Å². The molecule has 1 amide bonds. The van der Waals surface area contributed by atoms with Crippen LogP contribution in [0.3, 0.4) is 0 Å². The first-order chi connectivity index (χ1) is 12.1. The van der Waals surface area contributed by atoms with Crippen molar-refractivity contribution < 1.29 is 4.79 Å². The molecule has 1 aromatic heterocycles. The molecule has 0 saturated heterocycles. The van der Waals surface area contributed by atoms with Gasteiger partial charge in [0.25, 0.3) is 5.91 Å². The zero-order valence-corrected chi connectivity index (χ0v) is 15.8. The number of aryl methyl sites for hydroxylation is 2. The van der Waals surface area contributed by atoms with Gasteiger partial charge in [-0.25, -0.2) is 0 Å². The molecule has 2 aromatic carbocycles. The van der Waals surface area contributed by atoms with Gasteiger partial charge in [0, 0.05) is 11.4 Å². The number of amides is 1. The number of carbonyl (C=O) groups excluding carboxylic acids is 1. The highest BCUT2D eigenvalue weighted by molar-refractivity contribution is 7.98. The summed E-state index contributed by atoms with van der Waals surface area (Å²) in [6, 6.07) is 16.2. The second-order valence-corrected chi connectivity index (χ2v) is 7.81. The van der Waals surface area contributed by atoms with Gasteiger partial charge in [0.1, 0.15) is 5.01 Å². The van der Waals surface area contributed by atoms with E-state index in [4.69, 9.17) is 0 Å². The third-order valence-electron chi connectivity index (χ3n) is 3.65. The number of benzene rings is 2. The number of nitrogens with one attached hydrogen (secondary N) is 1. The molecule has 4 nitrogen and oxygen atoms in total. The molecule has 0 fully saturated rings. The molecule has 6 heteroatoms. The Morgan fingerprint density at radius 1 is 1.12 bits per heavy atom. The summed E-state index contributed by atoms with van der Waals surface area (Å²) in [6.07, 6.45) is 0. The Kier molecular flexibility index (Phi) is 5.83. The summed E-state index contributed by atoms with van der Waals surface area (Å²) in [7, 11) is 0. The zero-order chi connectivity index (χ0) is 17.6. The molecule has 3 aromatic rings. The molecule has 0 saturated carbocycles. The smallest absolute Gasteiger partial charge is 0.282 e. The molecule has 0 bridgehead atoms. The van der Waals surface area contributed by atoms with E-state index in [2.05, 4.69) is 47.6 Å². The summed E-state index contributed by atoms with van der Waals surface area (Å²) in [5.74, 6) is 0.540. The van der Waals surface area contributed by atoms with Crippen molar-refractivity contribution >= 4 is 29.0 Å². The van der Waals surface area contributed by atoms with Crippen LogP contribution in [0.2, 0.25) is 0 Å². The average Bonchev–Trinajstić information content (AvgIpc) is 3.10. The number of carbonyl (C=O) groups is 1. The number of hydrogen-bond acceptors (Lipinski definition) is 5. The number of nitrogens with zero attached hydrogens (tertiary/aromatic N) is 2. The third kappa shape index (κ3) is 4.90. The van der Waals surface area contributed by atoms with Crippen molar-refractivity contribution in [1.29, 1.82) is 0 Å². The monoisotopic (exact) mass is 369 g/mol. The van der Waals surface area contributed by atoms with Crippen LogP contribution in [0.15, 0.2) is 53.4 Å². The SMILES string of the molecule is Cc1ccc(C)c(SCc2nnc(C(=O)NCc3ccccc3)s2)c1. The van der Waals surface area contributed by atoms with Crippen LogP contribution in [0.5, 0.6) is 0 Å². The normalized spacial score (nSPS) is 10.6. The Morgan fingerprint density at radius 3 is 2.72 bits per heavy atom. The van der Waals surface area contributed by atoms with Crippen molar-refractivity contribution in [1.82, 2.24) is 15.5 Å². The predicted octanol–water partition coefficient (Wildman–Crippen LogP) is 4.38. The van der Waals surface area contributed by atoms with Crippen LogP contribution in [0, 0.1) is 13.8 Å².